The van der Waals surface area contributed by atoms with Gasteiger partial charge in [-0.05, 0) is 28.8 Å². The lowest BCUT2D eigenvalue weighted by Crippen LogP contribution is -2.05. The summed E-state index contributed by atoms with van der Waals surface area (Å²) >= 11 is 1.60. The Hall–Kier alpha value is -1.89. The molecule has 0 aromatic carbocycles. The van der Waals surface area contributed by atoms with Gasteiger partial charge in [0.2, 0.25) is 5.82 Å². The maximum Gasteiger partial charge on any atom is 0.333 e. The second-order valence-corrected chi connectivity index (χ2v) is 4.64. The fourth-order valence-electron chi connectivity index (χ4n) is 1.78. The number of hydrogen-bond acceptors (Lipinski definition) is 5. The van der Waals surface area contributed by atoms with Crippen LogP contribution in [0, 0.1) is 10.1 Å². The van der Waals surface area contributed by atoms with Crippen LogP contribution in [0.3, 0.4) is 0 Å². The van der Waals surface area contributed by atoms with Crippen LogP contribution in [0.5, 0.6) is 0 Å². The Labute approximate surface area is 108 Å². The highest BCUT2D eigenvalue weighted by molar-refractivity contribution is 7.07. The zero-order valence-electron chi connectivity index (χ0n) is 10.2. The first-order valence-corrected chi connectivity index (χ1v) is 6.53. The van der Waals surface area contributed by atoms with Gasteiger partial charge in [0.25, 0.3) is 0 Å². The largest absolute Gasteiger partial charge is 0.360 e. The molecule has 0 atom stereocenters. The van der Waals surface area contributed by atoms with Crippen molar-refractivity contribution >= 4 is 22.8 Å². The van der Waals surface area contributed by atoms with Gasteiger partial charge in [-0.3, -0.25) is 10.1 Å². The lowest BCUT2D eigenvalue weighted by atomic mass is 10.3. The maximum atomic E-state index is 11.1. The van der Waals surface area contributed by atoms with Crippen molar-refractivity contribution in [3.63, 3.8) is 0 Å². The first kappa shape index (κ1) is 12.6. The average Bonchev–Trinajstić information content (AvgIpc) is 2.93. The third-order valence-electron chi connectivity index (χ3n) is 2.65. The van der Waals surface area contributed by atoms with Gasteiger partial charge in [-0.1, -0.05) is 6.92 Å². The van der Waals surface area contributed by atoms with Crippen molar-refractivity contribution in [2.45, 2.75) is 19.9 Å². The van der Waals surface area contributed by atoms with Crippen LogP contribution in [-0.2, 0) is 20.0 Å². The van der Waals surface area contributed by atoms with Crippen molar-refractivity contribution in [2.24, 2.45) is 7.05 Å². The summed E-state index contributed by atoms with van der Waals surface area (Å²) in [5.41, 5.74) is 1.69. The fraction of sp³-hybridized carbons (Fsp3) is 0.364. The summed E-state index contributed by atoms with van der Waals surface area (Å²) in [7, 11) is 1.71. The number of aromatic nitrogens is 2. The summed E-state index contributed by atoms with van der Waals surface area (Å²) in [5, 5.41) is 22.3. The zero-order valence-corrected chi connectivity index (χ0v) is 11.0. The molecular formula is C11H14N4O2S. The first-order chi connectivity index (χ1) is 8.63. The molecular weight excluding hydrogens is 252 g/mol. The standard InChI is InChI=1S/C11H14N4O2S/c1-3-9-10(15(16)17)11(14(2)13-9)12-6-8-4-5-18-7-8/h4-5,7,12H,3,6H2,1-2H3. The first-order valence-electron chi connectivity index (χ1n) is 5.58. The highest BCUT2D eigenvalue weighted by Crippen LogP contribution is 2.28. The maximum absolute atomic E-state index is 11.1. The minimum absolute atomic E-state index is 0.0789. The van der Waals surface area contributed by atoms with Gasteiger partial charge in [0.05, 0.1) is 4.92 Å². The Morgan fingerprint density at radius 3 is 2.94 bits per heavy atom. The van der Waals surface area contributed by atoms with E-state index in [9.17, 15) is 10.1 Å². The molecule has 96 valence electrons. The second kappa shape index (κ2) is 5.18. The van der Waals surface area contributed by atoms with Crippen LogP contribution in [0.15, 0.2) is 16.8 Å². The van der Waals surface area contributed by atoms with Gasteiger partial charge in [-0.25, -0.2) is 4.68 Å². The molecule has 0 bridgehead atoms. The third-order valence-corrected chi connectivity index (χ3v) is 3.38. The van der Waals surface area contributed by atoms with Crippen LogP contribution in [-0.4, -0.2) is 14.7 Å². The van der Waals surface area contributed by atoms with Crippen molar-refractivity contribution in [2.75, 3.05) is 5.32 Å². The lowest BCUT2D eigenvalue weighted by molar-refractivity contribution is -0.384. The number of aryl methyl sites for hydroxylation is 2. The molecule has 0 aliphatic rings. The average molecular weight is 266 g/mol. The predicted molar refractivity (Wildman–Crippen MR) is 70.9 cm³/mol. The number of nitro groups is 1. The van der Waals surface area contributed by atoms with Crippen LogP contribution >= 0.6 is 11.3 Å². The van der Waals surface area contributed by atoms with Gasteiger partial charge < -0.3 is 5.32 Å². The van der Waals surface area contributed by atoms with E-state index in [0.717, 1.165) is 5.56 Å². The molecule has 2 aromatic rings. The number of nitrogens with zero attached hydrogens (tertiary/aromatic N) is 3. The van der Waals surface area contributed by atoms with Gasteiger partial charge >= 0.3 is 5.69 Å². The Kier molecular flexibility index (Phi) is 3.61. The molecule has 0 fully saturated rings. The lowest BCUT2D eigenvalue weighted by Gasteiger charge is -2.04. The molecule has 0 radical (unpaired) electrons. The number of anilines is 1. The predicted octanol–water partition coefficient (Wildman–Crippen LogP) is 2.56. The summed E-state index contributed by atoms with van der Waals surface area (Å²) in [6.45, 7) is 2.42. The molecule has 0 aliphatic heterocycles. The molecule has 7 heteroatoms. The molecule has 0 spiro atoms. The molecule has 18 heavy (non-hydrogen) atoms. The summed E-state index contributed by atoms with van der Waals surface area (Å²) in [4.78, 5) is 10.7. The van der Waals surface area contributed by atoms with Crippen LogP contribution in [0.2, 0.25) is 0 Å². The molecule has 0 saturated heterocycles. The molecule has 1 N–H and O–H groups in total. The van der Waals surface area contributed by atoms with Crippen molar-refractivity contribution in [1.82, 2.24) is 9.78 Å². The van der Waals surface area contributed by atoms with E-state index in [-0.39, 0.29) is 10.6 Å². The van der Waals surface area contributed by atoms with E-state index in [4.69, 9.17) is 0 Å². The molecule has 2 heterocycles. The normalized spacial score (nSPS) is 10.6. The van der Waals surface area contributed by atoms with E-state index < -0.39 is 0 Å². The molecule has 6 nitrogen and oxygen atoms in total. The Morgan fingerprint density at radius 1 is 1.61 bits per heavy atom. The number of rotatable bonds is 5. The molecule has 0 aliphatic carbocycles. The van der Waals surface area contributed by atoms with Crippen molar-refractivity contribution < 1.29 is 4.92 Å². The summed E-state index contributed by atoms with van der Waals surface area (Å²) in [6, 6.07) is 1.99. The third kappa shape index (κ3) is 2.35. The van der Waals surface area contributed by atoms with Gasteiger partial charge in [0.15, 0.2) is 0 Å². The van der Waals surface area contributed by atoms with E-state index in [0.29, 0.717) is 24.5 Å². The topological polar surface area (TPSA) is 73.0 Å². The molecule has 2 rings (SSSR count). The van der Waals surface area contributed by atoms with Gasteiger partial charge in [0.1, 0.15) is 5.69 Å². The summed E-state index contributed by atoms with van der Waals surface area (Å²) < 4.78 is 1.53. The van der Waals surface area contributed by atoms with Crippen molar-refractivity contribution in [1.29, 1.82) is 0 Å². The van der Waals surface area contributed by atoms with Crippen LogP contribution in [0.4, 0.5) is 11.5 Å². The van der Waals surface area contributed by atoms with Gasteiger partial charge in [-0.15, -0.1) is 0 Å². The Bertz CT molecular complexity index is 548. The quantitative estimate of drug-likeness (QED) is 0.666. The van der Waals surface area contributed by atoms with E-state index >= 15 is 0 Å². The highest BCUT2D eigenvalue weighted by Gasteiger charge is 2.25. The van der Waals surface area contributed by atoms with E-state index in [2.05, 4.69) is 10.4 Å². The highest BCUT2D eigenvalue weighted by atomic mass is 32.1. The minimum atomic E-state index is -0.373. The smallest absolute Gasteiger partial charge is 0.333 e. The van der Waals surface area contributed by atoms with Crippen LogP contribution in [0.25, 0.3) is 0 Å². The van der Waals surface area contributed by atoms with E-state index in [1.165, 1.54) is 4.68 Å². The molecule has 0 unspecified atom stereocenters. The van der Waals surface area contributed by atoms with Gasteiger partial charge in [0, 0.05) is 13.6 Å². The minimum Gasteiger partial charge on any atom is -0.360 e. The summed E-state index contributed by atoms with van der Waals surface area (Å²) in [5.74, 6) is 0.461. The number of thiophene rings is 1. The number of hydrogen-bond donors (Lipinski definition) is 1. The molecule has 2 aromatic heterocycles. The number of nitrogens with one attached hydrogen (secondary N) is 1. The van der Waals surface area contributed by atoms with E-state index in [1.54, 1.807) is 18.4 Å². The molecule has 0 amide bonds. The SMILES string of the molecule is CCc1nn(C)c(NCc2ccsc2)c1[N+](=O)[O-]. The zero-order chi connectivity index (χ0) is 13.1. The summed E-state index contributed by atoms with van der Waals surface area (Å²) in [6.07, 6.45) is 0.546. The Morgan fingerprint density at radius 2 is 2.39 bits per heavy atom. The Balaban J connectivity index is 2.26. The van der Waals surface area contributed by atoms with Crippen molar-refractivity contribution in [3.8, 4) is 0 Å². The monoisotopic (exact) mass is 266 g/mol. The van der Waals surface area contributed by atoms with Crippen LogP contribution in [0.1, 0.15) is 18.2 Å². The van der Waals surface area contributed by atoms with Crippen LogP contribution < -0.4 is 5.32 Å². The van der Waals surface area contributed by atoms with Crippen molar-refractivity contribution in [3.05, 3.63) is 38.2 Å². The molecule has 0 saturated carbocycles. The second-order valence-electron chi connectivity index (χ2n) is 3.86. The van der Waals surface area contributed by atoms with E-state index in [1.807, 2.05) is 23.8 Å². The fourth-order valence-corrected chi connectivity index (χ4v) is 2.44. The van der Waals surface area contributed by atoms with Gasteiger partial charge in [-0.2, -0.15) is 16.4 Å².